The van der Waals surface area contributed by atoms with Gasteiger partial charge in [-0.2, -0.15) is 5.10 Å². The van der Waals surface area contributed by atoms with E-state index in [-0.39, 0.29) is 22.7 Å². The largest absolute Gasteiger partial charge is 0.379 e. The Morgan fingerprint density at radius 3 is 3.03 bits per heavy atom. The Labute approximate surface area is 195 Å². The summed E-state index contributed by atoms with van der Waals surface area (Å²) < 4.78 is 20.8. The highest BCUT2D eigenvalue weighted by atomic mass is 35.5. The van der Waals surface area contributed by atoms with E-state index in [0.29, 0.717) is 23.6 Å². The fourth-order valence-corrected chi connectivity index (χ4v) is 4.41. The predicted molar refractivity (Wildman–Crippen MR) is 122 cm³/mol. The molecule has 2 aromatic heterocycles. The van der Waals surface area contributed by atoms with Gasteiger partial charge in [-0.05, 0) is 30.7 Å². The van der Waals surface area contributed by atoms with E-state index in [0.717, 1.165) is 32.8 Å². The van der Waals surface area contributed by atoms with Crippen molar-refractivity contribution in [1.82, 2.24) is 30.1 Å². The number of aromatic nitrogens is 3. The van der Waals surface area contributed by atoms with Gasteiger partial charge >= 0.3 is 0 Å². The molecule has 8 nitrogen and oxygen atoms in total. The predicted octanol–water partition coefficient (Wildman–Crippen LogP) is 2.62. The Morgan fingerprint density at radius 2 is 2.18 bits per heavy atom. The first-order chi connectivity index (χ1) is 16.1. The fraction of sp³-hybridized carbons (Fsp3) is 0.348. The van der Waals surface area contributed by atoms with E-state index in [1.807, 2.05) is 12.2 Å². The maximum absolute atomic E-state index is 13.9. The lowest BCUT2D eigenvalue weighted by molar-refractivity contribution is 0.0359. The number of ether oxygens (including phenoxy) is 1. The van der Waals surface area contributed by atoms with Gasteiger partial charge in [0, 0.05) is 25.6 Å². The molecule has 1 saturated heterocycles. The molecule has 5 rings (SSSR count). The van der Waals surface area contributed by atoms with E-state index in [9.17, 15) is 9.18 Å². The SMILES string of the molecule is O=C(NC1=CC=CC(CN2CCOCC2)N1)c1cnc2ccc(C3CC=CC(F)=C3Cl)nn12. The first kappa shape index (κ1) is 21.8. The molecular weight excluding hydrogens is 447 g/mol. The summed E-state index contributed by atoms with van der Waals surface area (Å²) in [4.78, 5) is 19.6. The number of fused-ring (bicyclic) bond motifs is 1. The summed E-state index contributed by atoms with van der Waals surface area (Å²) in [6, 6.07) is 3.59. The van der Waals surface area contributed by atoms with Crippen molar-refractivity contribution in [3.63, 3.8) is 0 Å². The van der Waals surface area contributed by atoms with E-state index >= 15 is 0 Å². The Balaban J connectivity index is 1.30. The number of carbonyl (C=O) groups excluding carboxylic acids is 1. The number of rotatable bonds is 5. The van der Waals surface area contributed by atoms with Crippen LogP contribution in [-0.4, -0.2) is 64.3 Å². The standard InChI is InChI=1S/C23H24ClFN6O2/c24-22-16(4-2-5-17(22)25)18-7-8-21-26-13-19(31(21)29-18)23(32)28-20-6-1-3-15(27-20)14-30-9-11-33-12-10-30/h1-3,5-8,13,15-16,27H,4,9-12,14H2,(H,28,32). The molecule has 2 unspecified atom stereocenters. The van der Waals surface area contributed by atoms with Gasteiger partial charge in [0.05, 0.1) is 36.2 Å². The second-order valence-electron chi connectivity index (χ2n) is 8.14. The van der Waals surface area contributed by atoms with E-state index in [2.05, 4.69) is 31.7 Å². The number of hydrogen-bond acceptors (Lipinski definition) is 6. The van der Waals surface area contributed by atoms with Gasteiger partial charge in [0.2, 0.25) is 0 Å². The van der Waals surface area contributed by atoms with Gasteiger partial charge < -0.3 is 15.4 Å². The maximum atomic E-state index is 13.9. The average molecular weight is 471 g/mol. The minimum Gasteiger partial charge on any atom is -0.379 e. The quantitative estimate of drug-likeness (QED) is 0.699. The van der Waals surface area contributed by atoms with Crippen LogP contribution in [-0.2, 0) is 4.74 Å². The average Bonchev–Trinajstić information content (AvgIpc) is 3.25. The molecule has 2 N–H and O–H groups in total. The van der Waals surface area contributed by atoms with Crippen molar-refractivity contribution in [3.05, 3.63) is 76.8 Å². The van der Waals surface area contributed by atoms with E-state index in [1.54, 1.807) is 18.2 Å². The van der Waals surface area contributed by atoms with Gasteiger partial charge in [-0.1, -0.05) is 29.8 Å². The zero-order valence-corrected chi connectivity index (χ0v) is 18.6. The molecular formula is C23H24ClFN6O2. The number of nitrogens with one attached hydrogen (secondary N) is 2. The Kier molecular flexibility index (Phi) is 6.26. The van der Waals surface area contributed by atoms with Gasteiger partial charge in [0.15, 0.2) is 11.3 Å². The number of imidazole rings is 1. The van der Waals surface area contributed by atoms with Crippen molar-refractivity contribution in [1.29, 1.82) is 0 Å². The third-order valence-corrected chi connectivity index (χ3v) is 6.34. The smallest absolute Gasteiger partial charge is 0.277 e. The molecule has 1 fully saturated rings. The molecule has 33 heavy (non-hydrogen) atoms. The highest BCUT2D eigenvalue weighted by Gasteiger charge is 2.24. The fourth-order valence-electron chi connectivity index (χ4n) is 4.15. The van der Waals surface area contributed by atoms with E-state index in [1.165, 1.54) is 16.8 Å². The highest BCUT2D eigenvalue weighted by molar-refractivity contribution is 6.30. The molecule has 1 amide bonds. The number of halogens is 2. The molecule has 2 aliphatic heterocycles. The van der Waals surface area contributed by atoms with Crippen LogP contribution >= 0.6 is 11.6 Å². The molecule has 3 aliphatic rings. The second-order valence-corrected chi connectivity index (χ2v) is 8.55. The first-order valence-corrected chi connectivity index (χ1v) is 11.3. The van der Waals surface area contributed by atoms with Crippen LogP contribution in [0.3, 0.4) is 0 Å². The van der Waals surface area contributed by atoms with Crippen LogP contribution in [0.25, 0.3) is 5.65 Å². The van der Waals surface area contributed by atoms with Crippen molar-refractivity contribution in [3.8, 4) is 0 Å². The molecule has 10 heteroatoms. The Bertz CT molecular complexity index is 1180. The second kappa shape index (κ2) is 9.46. The molecule has 0 bridgehead atoms. The number of hydrogen-bond donors (Lipinski definition) is 2. The third-order valence-electron chi connectivity index (χ3n) is 5.90. The molecule has 0 aromatic carbocycles. The summed E-state index contributed by atoms with van der Waals surface area (Å²) in [7, 11) is 0. The van der Waals surface area contributed by atoms with Crippen molar-refractivity contribution in [2.24, 2.45) is 0 Å². The molecule has 0 radical (unpaired) electrons. The van der Waals surface area contributed by atoms with Crippen LogP contribution < -0.4 is 10.6 Å². The van der Waals surface area contributed by atoms with Crippen molar-refractivity contribution >= 4 is 23.2 Å². The number of nitrogens with zero attached hydrogens (tertiary/aromatic N) is 4. The lowest BCUT2D eigenvalue weighted by Crippen LogP contribution is -2.47. The van der Waals surface area contributed by atoms with Crippen LogP contribution in [0, 0.1) is 0 Å². The van der Waals surface area contributed by atoms with Gasteiger partial charge in [0.25, 0.3) is 5.91 Å². The summed E-state index contributed by atoms with van der Waals surface area (Å²) >= 11 is 6.18. The number of morpholine rings is 1. The Hall–Kier alpha value is -3.01. The van der Waals surface area contributed by atoms with E-state index in [4.69, 9.17) is 16.3 Å². The minimum absolute atomic E-state index is 0.0819. The number of carbonyl (C=O) groups is 1. The molecule has 0 spiro atoms. The van der Waals surface area contributed by atoms with Gasteiger partial charge in [0.1, 0.15) is 11.6 Å². The molecule has 2 aromatic rings. The number of allylic oxidation sites excluding steroid dienone is 6. The summed E-state index contributed by atoms with van der Waals surface area (Å²) in [5.41, 5.74) is 1.37. The van der Waals surface area contributed by atoms with Crippen LogP contribution in [0.2, 0.25) is 0 Å². The molecule has 4 heterocycles. The van der Waals surface area contributed by atoms with E-state index < -0.39 is 11.7 Å². The zero-order valence-electron chi connectivity index (χ0n) is 17.9. The minimum atomic E-state index is -0.464. The first-order valence-electron chi connectivity index (χ1n) is 10.9. The van der Waals surface area contributed by atoms with Crippen LogP contribution in [0.5, 0.6) is 0 Å². The van der Waals surface area contributed by atoms with Crippen LogP contribution in [0.4, 0.5) is 4.39 Å². The van der Waals surface area contributed by atoms with Crippen LogP contribution in [0.15, 0.2) is 65.4 Å². The molecule has 172 valence electrons. The van der Waals surface area contributed by atoms with Gasteiger partial charge in [-0.25, -0.2) is 13.9 Å². The lowest BCUT2D eigenvalue weighted by atomic mass is 9.96. The third kappa shape index (κ3) is 4.71. The summed E-state index contributed by atoms with van der Waals surface area (Å²) in [5.74, 6) is -0.596. The lowest BCUT2D eigenvalue weighted by Gasteiger charge is -2.31. The van der Waals surface area contributed by atoms with Gasteiger partial charge in [-0.15, -0.1) is 0 Å². The number of amides is 1. The summed E-state index contributed by atoms with van der Waals surface area (Å²) in [6.07, 6.45) is 10.9. The van der Waals surface area contributed by atoms with Crippen molar-refractivity contribution in [2.45, 2.75) is 18.4 Å². The van der Waals surface area contributed by atoms with Crippen molar-refractivity contribution in [2.75, 3.05) is 32.8 Å². The molecule has 1 aliphatic carbocycles. The zero-order chi connectivity index (χ0) is 22.8. The number of dihydropyridines is 1. The Morgan fingerprint density at radius 1 is 1.33 bits per heavy atom. The monoisotopic (exact) mass is 470 g/mol. The highest BCUT2D eigenvalue weighted by Crippen LogP contribution is 2.36. The molecule has 0 saturated carbocycles. The van der Waals surface area contributed by atoms with Crippen LogP contribution in [0.1, 0.15) is 28.5 Å². The topological polar surface area (TPSA) is 83.8 Å². The summed E-state index contributed by atoms with van der Waals surface area (Å²) in [5, 5.41) is 10.9. The molecule has 2 atom stereocenters. The van der Waals surface area contributed by atoms with Crippen molar-refractivity contribution < 1.29 is 13.9 Å². The maximum Gasteiger partial charge on any atom is 0.277 e. The summed E-state index contributed by atoms with van der Waals surface area (Å²) in [6.45, 7) is 4.10. The normalized spacial score (nSPS) is 23.5. The van der Waals surface area contributed by atoms with Gasteiger partial charge in [-0.3, -0.25) is 9.69 Å².